The van der Waals surface area contributed by atoms with Crippen LogP contribution in [0.3, 0.4) is 0 Å². The van der Waals surface area contributed by atoms with Gasteiger partial charge in [-0.1, -0.05) is 20.8 Å². The van der Waals surface area contributed by atoms with Crippen LogP contribution in [0.15, 0.2) is 0 Å². The third-order valence-electron chi connectivity index (χ3n) is 3.42. The zero-order valence-corrected chi connectivity index (χ0v) is 11.5. The summed E-state index contributed by atoms with van der Waals surface area (Å²) in [5, 5.41) is 3.52. The van der Waals surface area contributed by atoms with Gasteiger partial charge in [0.1, 0.15) is 0 Å². The lowest BCUT2D eigenvalue weighted by atomic mass is 10.1. The van der Waals surface area contributed by atoms with E-state index in [2.05, 4.69) is 37.9 Å². The third-order valence-corrected chi connectivity index (χ3v) is 3.42. The average Bonchev–Trinajstić information content (AvgIpc) is 2.52. The fourth-order valence-corrected chi connectivity index (χ4v) is 2.68. The Labute approximate surface area is 101 Å². The van der Waals surface area contributed by atoms with Gasteiger partial charge in [0.2, 0.25) is 0 Å². The third kappa shape index (κ3) is 4.04. The largest absolute Gasteiger partial charge is 0.383 e. The monoisotopic (exact) mass is 228 g/mol. The molecule has 1 saturated heterocycles. The highest BCUT2D eigenvalue weighted by atomic mass is 16.5. The summed E-state index contributed by atoms with van der Waals surface area (Å²) in [5.41, 5.74) is 0. The molecular weight excluding hydrogens is 200 g/mol. The van der Waals surface area contributed by atoms with Crippen molar-refractivity contribution in [1.82, 2.24) is 10.2 Å². The molecule has 0 aliphatic carbocycles. The van der Waals surface area contributed by atoms with Gasteiger partial charge in [-0.25, -0.2) is 0 Å². The molecule has 1 N–H and O–H groups in total. The Morgan fingerprint density at radius 1 is 1.38 bits per heavy atom. The summed E-state index contributed by atoms with van der Waals surface area (Å²) in [6.07, 6.45) is 1.32. The molecule has 0 saturated carbocycles. The maximum absolute atomic E-state index is 5.35. The van der Waals surface area contributed by atoms with Gasteiger partial charge in [0.15, 0.2) is 0 Å². The lowest BCUT2D eigenvalue weighted by molar-refractivity contribution is 0.0829. The first-order chi connectivity index (χ1) is 7.54. The first-order valence-electron chi connectivity index (χ1n) is 6.52. The van der Waals surface area contributed by atoms with Gasteiger partial charge in [0.05, 0.1) is 6.61 Å². The van der Waals surface area contributed by atoms with Crippen molar-refractivity contribution in [2.75, 3.05) is 26.8 Å². The van der Waals surface area contributed by atoms with Crippen molar-refractivity contribution in [3.63, 3.8) is 0 Å². The minimum Gasteiger partial charge on any atom is -0.383 e. The number of hydrogen-bond acceptors (Lipinski definition) is 3. The highest BCUT2D eigenvalue weighted by Gasteiger charge is 2.31. The summed E-state index contributed by atoms with van der Waals surface area (Å²) in [5.74, 6) is 0.827. The van der Waals surface area contributed by atoms with Crippen LogP contribution in [0.4, 0.5) is 0 Å². The van der Waals surface area contributed by atoms with Gasteiger partial charge in [-0.15, -0.1) is 0 Å². The lowest BCUT2D eigenvalue weighted by Crippen LogP contribution is -2.48. The zero-order chi connectivity index (χ0) is 12.1. The van der Waals surface area contributed by atoms with Crippen molar-refractivity contribution in [2.45, 2.75) is 52.2 Å². The van der Waals surface area contributed by atoms with Crippen LogP contribution in [-0.4, -0.2) is 49.8 Å². The first-order valence-corrected chi connectivity index (χ1v) is 6.52. The van der Waals surface area contributed by atoms with Crippen LogP contribution in [0.5, 0.6) is 0 Å². The molecule has 3 nitrogen and oxygen atoms in total. The molecule has 0 bridgehead atoms. The predicted molar refractivity (Wildman–Crippen MR) is 68.8 cm³/mol. The van der Waals surface area contributed by atoms with E-state index in [1.807, 2.05) is 0 Å². The summed E-state index contributed by atoms with van der Waals surface area (Å²) in [6.45, 7) is 12.1. The molecule has 3 unspecified atom stereocenters. The fraction of sp³-hybridized carbons (Fsp3) is 1.00. The molecule has 0 aromatic heterocycles. The first kappa shape index (κ1) is 13.9. The number of nitrogens with zero attached hydrogens (tertiary/aromatic N) is 1. The van der Waals surface area contributed by atoms with Crippen LogP contribution in [0, 0.1) is 5.92 Å². The van der Waals surface area contributed by atoms with Crippen LogP contribution in [0.2, 0.25) is 0 Å². The molecular formula is C13H28N2O. The normalized spacial score (nSPS) is 28.9. The van der Waals surface area contributed by atoms with Crippen LogP contribution >= 0.6 is 0 Å². The minimum absolute atomic E-state index is 0.521. The number of rotatable bonds is 6. The van der Waals surface area contributed by atoms with Crippen molar-refractivity contribution in [3.05, 3.63) is 0 Å². The molecule has 96 valence electrons. The Morgan fingerprint density at radius 3 is 2.50 bits per heavy atom. The Morgan fingerprint density at radius 2 is 2.06 bits per heavy atom. The summed E-state index contributed by atoms with van der Waals surface area (Å²) in [6, 6.07) is 1.77. The Hall–Kier alpha value is -0.120. The Balaban J connectivity index is 2.48. The Bertz CT molecular complexity index is 196. The van der Waals surface area contributed by atoms with E-state index in [9.17, 15) is 0 Å². The number of nitrogens with one attached hydrogen (secondary N) is 1. The second kappa shape index (κ2) is 6.58. The Kier molecular flexibility index (Phi) is 5.73. The minimum atomic E-state index is 0.521. The van der Waals surface area contributed by atoms with Crippen molar-refractivity contribution < 1.29 is 4.74 Å². The summed E-state index contributed by atoms with van der Waals surface area (Å²) in [7, 11) is 1.80. The van der Waals surface area contributed by atoms with Gasteiger partial charge in [-0.3, -0.25) is 4.90 Å². The number of methoxy groups -OCH3 is 1. The molecule has 0 radical (unpaired) electrons. The van der Waals surface area contributed by atoms with Crippen LogP contribution in [0.1, 0.15) is 34.1 Å². The van der Waals surface area contributed by atoms with Crippen LogP contribution in [-0.2, 0) is 4.74 Å². The molecule has 1 heterocycles. The van der Waals surface area contributed by atoms with Gasteiger partial charge in [-0.05, 0) is 19.3 Å². The van der Waals surface area contributed by atoms with E-state index >= 15 is 0 Å². The van der Waals surface area contributed by atoms with Crippen molar-refractivity contribution >= 4 is 0 Å². The summed E-state index contributed by atoms with van der Waals surface area (Å²) >= 11 is 0. The van der Waals surface area contributed by atoms with Gasteiger partial charge in [-0.2, -0.15) is 0 Å². The van der Waals surface area contributed by atoms with Crippen LogP contribution in [0.25, 0.3) is 0 Å². The fourth-order valence-electron chi connectivity index (χ4n) is 2.68. The second-order valence-corrected chi connectivity index (χ2v) is 5.56. The zero-order valence-electron chi connectivity index (χ0n) is 11.5. The smallest absolute Gasteiger partial charge is 0.0630 e. The molecule has 0 aromatic rings. The maximum Gasteiger partial charge on any atom is 0.0630 e. The predicted octanol–water partition coefficient (Wildman–Crippen LogP) is 1.73. The summed E-state index contributed by atoms with van der Waals surface area (Å²) in [4.78, 5) is 2.60. The number of ether oxygens (including phenoxy) is 1. The standard InChI is InChI=1S/C13H28N2O/c1-10(2)14-7-13(9-16-5)15-8-11(3)6-12(15)4/h10-14H,6-9H2,1-5H3. The van der Waals surface area contributed by atoms with E-state index < -0.39 is 0 Å². The number of hydrogen-bond donors (Lipinski definition) is 1. The van der Waals surface area contributed by atoms with E-state index in [-0.39, 0.29) is 0 Å². The molecule has 1 aliphatic heterocycles. The summed E-state index contributed by atoms with van der Waals surface area (Å²) < 4.78 is 5.35. The molecule has 1 aliphatic rings. The maximum atomic E-state index is 5.35. The lowest BCUT2D eigenvalue weighted by Gasteiger charge is -2.31. The van der Waals surface area contributed by atoms with Crippen molar-refractivity contribution in [3.8, 4) is 0 Å². The van der Waals surface area contributed by atoms with E-state index in [1.54, 1.807) is 7.11 Å². The van der Waals surface area contributed by atoms with Gasteiger partial charge < -0.3 is 10.1 Å². The van der Waals surface area contributed by atoms with Gasteiger partial charge in [0, 0.05) is 38.3 Å². The van der Waals surface area contributed by atoms with E-state index in [4.69, 9.17) is 4.74 Å². The van der Waals surface area contributed by atoms with Crippen molar-refractivity contribution in [2.24, 2.45) is 5.92 Å². The molecule has 0 amide bonds. The van der Waals surface area contributed by atoms with Crippen LogP contribution < -0.4 is 5.32 Å². The molecule has 3 atom stereocenters. The highest BCUT2D eigenvalue weighted by Crippen LogP contribution is 2.24. The quantitative estimate of drug-likeness (QED) is 0.749. The SMILES string of the molecule is COCC(CNC(C)C)N1CC(C)CC1C. The van der Waals surface area contributed by atoms with Gasteiger partial charge >= 0.3 is 0 Å². The van der Waals surface area contributed by atoms with Gasteiger partial charge in [0.25, 0.3) is 0 Å². The number of likely N-dealkylation sites (tertiary alicyclic amines) is 1. The molecule has 1 rings (SSSR count). The molecule has 16 heavy (non-hydrogen) atoms. The average molecular weight is 228 g/mol. The molecule has 1 fully saturated rings. The van der Waals surface area contributed by atoms with E-state index in [1.165, 1.54) is 13.0 Å². The van der Waals surface area contributed by atoms with Crippen molar-refractivity contribution in [1.29, 1.82) is 0 Å². The molecule has 0 spiro atoms. The second-order valence-electron chi connectivity index (χ2n) is 5.56. The molecule has 3 heteroatoms. The van der Waals surface area contributed by atoms with E-state index in [0.29, 0.717) is 18.1 Å². The highest BCUT2D eigenvalue weighted by molar-refractivity contribution is 4.86. The van der Waals surface area contributed by atoms with E-state index in [0.717, 1.165) is 19.1 Å². The topological polar surface area (TPSA) is 24.5 Å². The molecule has 0 aromatic carbocycles.